The van der Waals surface area contributed by atoms with Gasteiger partial charge in [-0.2, -0.15) is 0 Å². The molecule has 0 atom stereocenters. The van der Waals surface area contributed by atoms with Crippen LogP contribution in [0.3, 0.4) is 0 Å². The minimum atomic E-state index is -0.667. The van der Waals surface area contributed by atoms with E-state index in [0.717, 1.165) is 0 Å². The average Bonchev–Trinajstić information content (AvgIpc) is 2.11. The maximum absolute atomic E-state index is 8.66. The Balaban J connectivity index is 0. The minimum absolute atomic E-state index is 0.156. The van der Waals surface area contributed by atoms with Gasteiger partial charge < -0.3 is 15.3 Å². The van der Waals surface area contributed by atoms with Gasteiger partial charge in [0.1, 0.15) is 0 Å². The fourth-order valence-electron chi connectivity index (χ4n) is 0.485. The summed E-state index contributed by atoms with van der Waals surface area (Å²) in [5.41, 5.74) is -0.667. The Hall–Kier alpha value is -0.560. The third kappa shape index (κ3) is 5.14. The van der Waals surface area contributed by atoms with Crippen LogP contribution in [0.25, 0.3) is 0 Å². The highest BCUT2D eigenvalue weighted by Crippen LogP contribution is 2.18. The fourth-order valence-corrected chi connectivity index (χ4v) is 0.485. The van der Waals surface area contributed by atoms with Crippen molar-refractivity contribution >= 4 is 0 Å². The van der Waals surface area contributed by atoms with E-state index in [1.54, 1.807) is 6.92 Å². The summed E-state index contributed by atoms with van der Waals surface area (Å²) in [5.74, 6) is 2.25. The largest absolute Gasteiger partial charge is 0.396 e. The van der Waals surface area contributed by atoms with Crippen molar-refractivity contribution in [2.24, 2.45) is 5.41 Å². The molecule has 3 heteroatoms. The summed E-state index contributed by atoms with van der Waals surface area (Å²) in [6.45, 7) is 3.01. The molecule has 0 spiro atoms. The molecule has 72 valence electrons. The van der Waals surface area contributed by atoms with Gasteiger partial charge in [0.05, 0.1) is 19.8 Å². The van der Waals surface area contributed by atoms with Crippen molar-refractivity contribution in [3.63, 3.8) is 0 Å². The van der Waals surface area contributed by atoms with Gasteiger partial charge in [-0.15, -0.1) is 12.3 Å². The van der Waals surface area contributed by atoms with E-state index in [1.807, 2.05) is 6.92 Å². The van der Waals surface area contributed by atoms with Gasteiger partial charge in [-0.1, -0.05) is 6.92 Å². The van der Waals surface area contributed by atoms with Gasteiger partial charge in [0.15, 0.2) is 0 Å². The number of terminal acetylenes is 1. The van der Waals surface area contributed by atoms with E-state index in [9.17, 15) is 0 Å². The first-order valence-corrected chi connectivity index (χ1v) is 3.86. The lowest BCUT2D eigenvalue weighted by Crippen LogP contribution is -2.32. The highest BCUT2D eigenvalue weighted by Gasteiger charge is 2.24. The Morgan fingerprint density at radius 3 is 1.42 bits per heavy atom. The summed E-state index contributed by atoms with van der Waals surface area (Å²) in [7, 11) is 0. The molecule has 0 heterocycles. The number of hydrogen-bond donors (Lipinski definition) is 3. The van der Waals surface area contributed by atoms with Crippen LogP contribution in [0.2, 0.25) is 0 Å². The van der Waals surface area contributed by atoms with Crippen molar-refractivity contribution in [3.05, 3.63) is 0 Å². The summed E-state index contributed by atoms with van der Waals surface area (Å²) in [4.78, 5) is 0. The Bertz CT molecular complexity index is 105. The van der Waals surface area contributed by atoms with Gasteiger partial charge in [0.25, 0.3) is 0 Å². The molecule has 0 aliphatic rings. The molecule has 0 amide bonds. The molecule has 12 heavy (non-hydrogen) atoms. The van der Waals surface area contributed by atoms with Crippen LogP contribution < -0.4 is 0 Å². The SMILES string of the molecule is C#CC.CCC(CO)(CO)CO. The smallest absolute Gasteiger partial charge is 0.0531 e. The van der Waals surface area contributed by atoms with E-state index in [1.165, 1.54) is 0 Å². The Labute approximate surface area is 74.0 Å². The molecule has 0 aliphatic carbocycles. The molecular formula is C9H18O3. The van der Waals surface area contributed by atoms with Crippen molar-refractivity contribution in [2.45, 2.75) is 20.3 Å². The molecule has 0 radical (unpaired) electrons. The molecule has 0 saturated heterocycles. The molecular weight excluding hydrogens is 156 g/mol. The van der Waals surface area contributed by atoms with Gasteiger partial charge in [-0.25, -0.2) is 0 Å². The van der Waals surface area contributed by atoms with Crippen molar-refractivity contribution in [1.29, 1.82) is 0 Å². The van der Waals surface area contributed by atoms with Gasteiger partial charge in [-0.05, 0) is 13.3 Å². The molecule has 0 fully saturated rings. The van der Waals surface area contributed by atoms with E-state index in [-0.39, 0.29) is 19.8 Å². The van der Waals surface area contributed by atoms with E-state index >= 15 is 0 Å². The maximum atomic E-state index is 8.66. The van der Waals surface area contributed by atoms with E-state index < -0.39 is 5.41 Å². The molecule has 3 nitrogen and oxygen atoms in total. The highest BCUT2D eigenvalue weighted by atomic mass is 16.3. The fraction of sp³-hybridized carbons (Fsp3) is 0.778. The van der Waals surface area contributed by atoms with Crippen LogP contribution in [-0.2, 0) is 0 Å². The maximum Gasteiger partial charge on any atom is 0.0531 e. The van der Waals surface area contributed by atoms with Gasteiger partial charge >= 0.3 is 0 Å². The first-order chi connectivity index (χ1) is 5.66. The van der Waals surface area contributed by atoms with Crippen molar-refractivity contribution in [3.8, 4) is 12.3 Å². The predicted octanol–water partition coefficient (Wildman–Crippen LogP) is -0.000800. The number of rotatable bonds is 4. The van der Waals surface area contributed by atoms with Crippen LogP contribution in [0, 0.1) is 17.8 Å². The second-order valence-corrected chi connectivity index (χ2v) is 2.62. The lowest BCUT2D eigenvalue weighted by atomic mass is 9.88. The second kappa shape index (κ2) is 8.54. The van der Waals surface area contributed by atoms with Gasteiger partial charge in [0.2, 0.25) is 0 Å². The number of aliphatic hydroxyl groups is 3. The molecule has 3 N–H and O–H groups in total. The monoisotopic (exact) mass is 174 g/mol. The summed E-state index contributed by atoms with van der Waals surface area (Å²) in [5, 5.41) is 26.0. The van der Waals surface area contributed by atoms with Crippen LogP contribution in [-0.4, -0.2) is 35.1 Å². The lowest BCUT2D eigenvalue weighted by molar-refractivity contribution is 0.00304. The zero-order valence-electron chi connectivity index (χ0n) is 7.75. The van der Waals surface area contributed by atoms with Crippen LogP contribution >= 0.6 is 0 Å². The zero-order chi connectivity index (χ0) is 10.0. The normalized spacial score (nSPS) is 9.67. The molecule has 0 aliphatic heterocycles. The predicted molar refractivity (Wildman–Crippen MR) is 48.5 cm³/mol. The molecule has 0 aromatic carbocycles. The van der Waals surface area contributed by atoms with Crippen molar-refractivity contribution in [1.82, 2.24) is 0 Å². The molecule has 0 unspecified atom stereocenters. The Kier molecular flexibility index (Phi) is 9.95. The zero-order valence-corrected chi connectivity index (χ0v) is 7.75. The molecule has 0 aromatic rings. The third-order valence-corrected chi connectivity index (χ3v) is 1.76. The van der Waals surface area contributed by atoms with Crippen LogP contribution in [0.4, 0.5) is 0 Å². The quantitative estimate of drug-likeness (QED) is 0.526. The van der Waals surface area contributed by atoms with Gasteiger partial charge in [0, 0.05) is 5.41 Å². The topological polar surface area (TPSA) is 60.7 Å². The minimum Gasteiger partial charge on any atom is -0.396 e. The second-order valence-electron chi connectivity index (χ2n) is 2.62. The highest BCUT2D eigenvalue weighted by molar-refractivity contribution is 4.74. The van der Waals surface area contributed by atoms with Crippen LogP contribution in [0.1, 0.15) is 20.3 Å². The molecule has 0 rings (SSSR count). The van der Waals surface area contributed by atoms with Crippen LogP contribution in [0.15, 0.2) is 0 Å². The third-order valence-electron chi connectivity index (χ3n) is 1.76. The Morgan fingerprint density at radius 1 is 1.17 bits per heavy atom. The standard InChI is InChI=1S/C6H14O3.C3H4/c1-2-6(3-7,4-8)5-9;1-3-2/h7-9H,2-5H2,1H3;1H,2H3. The van der Waals surface area contributed by atoms with E-state index in [2.05, 4.69) is 12.3 Å². The molecule has 0 saturated carbocycles. The average molecular weight is 174 g/mol. The van der Waals surface area contributed by atoms with Crippen molar-refractivity contribution < 1.29 is 15.3 Å². The van der Waals surface area contributed by atoms with Crippen molar-refractivity contribution in [2.75, 3.05) is 19.8 Å². The number of aliphatic hydroxyl groups excluding tert-OH is 3. The number of hydrogen-bond acceptors (Lipinski definition) is 3. The first-order valence-electron chi connectivity index (χ1n) is 3.86. The Morgan fingerprint density at radius 2 is 1.42 bits per heavy atom. The summed E-state index contributed by atoms with van der Waals surface area (Å²) in [6.07, 6.45) is 5.19. The molecule has 0 bridgehead atoms. The summed E-state index contributed by atoms with van der Waals surface area (Å²) in [6, 6.07) is 0. The molecule has 0 aromatic heterocycles. The van der Waals surface area contributed by atoms with Gasteiger partial charge in [-0.3, -0.25) is 0 Å². The lowest BCUT2D eigenvalue weighted by Gasteiger charge is -2.24. The van der Waals surface area contributed by atoms with Crippen LogP contribution in [0.5, 0.6) is 0 Å². The van der Waals surface area contributed by atoms with E-state index in [0.29, 0.717) is 6.42 Å². The summed E-state index contributed by atoms with van der Waals surface area (Å²) >= 11 is 0. The first kappa shape index (κ1) is 14.0. The summed E-state index contributed by atoms with van der Waals surface area (Å²) < 4.78 is 0. The van der Waals surface area contributed by atoms with E-state index in [4.69, 9.17) is 15.3 Å².